The van der Waals surface area contributed by atoms with Gasteiger partial charge in [0.15, 0.2) is 0 Å². The van der Waals surface area contributed by atoms with Crippen LogP contribution in [0.5, 0.6) is 0 Å². The number of hydrogen-bond donors (Lipinski definition) is 0. The molecule has 0 radical (unpaired) electrons. The Morgan fingerprint density at radius 1 is 1.00 bits per heavy atom. The van der Waals surface area contributed by atoms with Gasteiger partial charge in [0, 0.05) is 59.2 Å². The number of carbonyl (C=O) groups is 1. The summed E-state index contributed by atoms with van der Waals surface area (Å²) in [6, 6.07) is 10.3. The SMILES string of the molecule is C[C@@H]1C[C@H](C)CN(C(=O)CC(c2ccccc2)c2c(N(C)C)ncnc2N(C)C)C1. The van der Waals surface area contributed by atoms with Crippen LogP contribution in [0, 0.1) is 11.8 Å². The van der Waals surface area contributed by atoms with Crippen LogP contribution in [0.25, 0.3) is 0 Å². The minimum Gasteiger partial charge on any atom is -0.362 e. The molecule has 0 aliphatic carbocycles. The average Bonchev–Trinajstić information content (AvgIpc) is 2.71. The molecule has 0 saturated carbocycles. The summed E-state index contributed by atoms with van der Waals surface area (Å²) in [6.07, 6.45) is 3.21. The predicted octanol–water partition coefficient (Wildman–Crippen LogP) is 3.64. The molecular weight excluding hydrogens is 374 g/mol. The normalized spacial score (nSPS) is 20.0. The van der Waals surface area contributed by atoms with Gasteiger partial charge in [0.05, 0.1) is 0 Å². The van der Waals surface area contributed by atoms with Crippen molar-refractivity contribution < 1.29 is 4.79 Å². The number of amides is 1. The summed E-state index contributed by atoms with van der Waals surface area (Å²) in [5, 5.41) is 0. The summed E-state index contributed by atoms with van der Waals surface area (Å²) < 4.78 is 0. The number of hydrogen-bond acceptors (Lipinski definition) is 5. The molecule has 1 saturated heterocycles. The van der Waals surface area contributed by atoms with Crippen molar-refractivity contribution in [2.24, 2.45) is 11.8 Å². The van der Waals surface area contributed by atoms with Crippen LogP contribution in [-0.4, -0.2) is 62.1 Å². The fraction of sp³-hybridized carbons (Fsp3) is 0.542. The van der Waals surface area contributed by atoms with E-state index in [1.54, 1.807) is 6.33 Å². The molecule has 1 aromatic heterocycles. The Kier molecular flexibility index (Phi) is 6.95. The third-order valence-electron chi connectivity index (χ3n) is 5.84. The Morgan fingerprint density at radius 3 is 2.03 bits per heavy atom. The second-order valence-corrected chi connectivity index (χ2v) is 9.14. The highest BCUT2D eigenvalue weighted by Gasteiger charge is 2.31. The number of likely N-dealkylation sites (tertiary alicyclic amines) is 1. The minimum atomic E-state index is -0.109. The van der Waals surface area contributed by atoms with Crippen molar-refractivity contribution in [1.82, 2.24) is 14.9 Å². The zero-order valence-corrected chi connectivity index (χ0v) is 19.2. The van der Waals surface area contributed by atoms with Crippen molar-refractivity contribution in [1.29, 1.82) is 0 Å². The minimum absolute atomic E-state index is 0.109. The van der Waals surface area contributed by atoms with Gasteiger partial charge in [-0.2, -0.15) is 0 Å². The third-order valence-corrected chi connectivity index (χ3v) is 5.84. The van der Waals surface area contributed by atoms with E-state index >= 15 is 0 Å². The van der Waals surface area contributed by atoms with E-state index in [2.05, 4.69) is 40.8 Å². The summed E-state index contributed by atoms with van der Waals surface area (Å²) in [4.78, 5) is 28.7. The Balaban J connectivity index is 2.04. The van der Waals surface area contributed by atoms with Crippen LogP contribution in [0.4, 0.5) is 11.6 Å². The third kappa shape index (κ3) is 4.91. The molecule has 0 N–H and O–H groups in total. The fourth-order valence-electron chi connectivity index (χ4n) is 4.64. The van der Waals surface area contributed by atoms with Crippen LogP contribution in [0.2, 0.25) is 0 Å². The molecule has 2 heterocycles. The number of nitrogens with zero attached hydrogens (tertiary/aromatic N) is 5. The fourth-order valence-corrected chi connectivity index (χ4v) is 4.64. The number of aromatic nitrogens is 2. The lowest BCUT2D eigenvalue weighted by Crippen LogP contribution is -2.43. The topological polar surface area (TPSA) is 52.6 Å². The molecule has 2 aromatic rings. The molecule has 162 valence electrons. The summed E-state index contributed by atoms with van der Waals surface area (Å²) >= 11 is 0. The van der Waals surface area contributed by atoms with Crippen molar-refractivity contribution in [3.05, 3.63) is 47.8 Å². The van der Waals surface area contributed by atoms with Crippen LogP contribution in [-0.2, 0) is 4.79 Å². The molecule has 0 spiro atoms. The molecule has 1 aromatic carbocycles. The molecule has 3 atom stereocenters. The number of rotatable bonds is 6. The van der Waals surface area contributed by atoms with Crippen molar-refractivity contribution in [2.75, 3.05) is 51.1 Å². The Bertz CT molecular complexity index is 816. The zero-order valence-electron chi connectivity index (χ0n) is 19.2. The van der Waals surface area contributed by atoms with Gasteiger partial charge >= 0.3 is 0 Å². The van der Waals surface area contributed by atoms with E-state index in [0.29, 0.717) is 18.3 Å². The first-order chi connectivity index (χ1) is 14.3. The molecular formula is C24H35N5O. The Labute approximate surface area is 180 Å². The van der Waals surface area contributed by atoms with Gasteiger partial charge in [0.2, 0.25) is 5.91 Å². The van der Waals surface area contributed by atoms with Gasteiger partial charge in [-0.1, -0.05) is 44.2 Å². The van der Waals surface area contributed by atoms with Crippen molar-refractivity contribution >= 4 is 17.5 Å². The first-order valence-electron chi connectivity index (χ1n) is 10.8. The Hall–Kier alpha value is -2.63. The maximum Gasteiger partial charge on any atom is 0.223 e. The molecule has 1 aliphatic rings. The smallest absolute Gasteiger partial charge is 0.223 e. The first kappa shape index (κ1) is 22.1. The maximum absolute atomic E-state index is 13.5. The van der Waals surface area contributed by atoms with E-state index in [1.807, 2.05) is 56.2 Å². The lowest BCUT2D eigenvalue weighted by atomic mass is 9.86. The summed E-state index contributed by atoms with van der Waals surface area (Å²) in [7, 11) is 7.96. The van der Waals surface area contributed by atoms with E-state index in [9.17, 15) is 4.79 Å². The van der Waals surface area contributed by atoms with Gasteiger partial charge in [0.1, 0.15) is 18.0 Å². The number of benzene rings is 1. The molecule has 1 aliphatic heterocycles. The Morgan fingerprint density at radius 2 is 1.53 bits per heavy atom. The lowest BCUT2D eigenvalue weighted by Gasteiger charge is -2.36. The summed E-state index contributed by atoms with van der Waals surface area (Å²) in [5.74, 6) is 2.90. The second-order valence-electron chi connectivity index (χ2n) is 9.14. The quantitative estimate of drug-likeness (QED) is 0.729. The zero-order chi connectivity index (χ0) is 21.8. The van der Waals surface area contributed by atoms with E-state index in [4.69, 9.17) is 0 Å². The van der Waals surface area contributed by atoms with E-state index in [-0.39, 0.29) is 11.8 Å². The van der Waals surface area contributed by atoms with E-state index in [0.717, 1.165) is 35.9 Å². The monoisotopic (exact) mass is 409 g/mol. The van der Waals surface area contributed by atoms with Crippen LogP contribution in [0.1, 0.15) is 43.7 Å². The van der Waals surface area contributed by atoms with Crippen LogP contribution >= 0.6 is 0 Å². The van der Waals surface area contributed by atoms with Crippen LogP contribution in [0.15, 0.2) is 36.7 Å². The summed E-state index contributed by atoms with van der Waals surface area (Å²) in [6.45, 7) is 6.17. The highest BCUT2D eigenvalue weighted by Crippen LogP contribution is 2.39. The number of piperidine rings is 1. The summed E-state index contributed by atoms with van der Waals surface area (Å²) in [5.41, 5.74) is 2.12. The highest BCUT2D eigenvalue weighted by molar-refractivity contribution is 5.79. The van der Waals surface area contributed by atoms with Crippen molar-refractivity contribution in [3.8, 4) is 0 Å². The lowest BCUT2D eigenvalue weighted by molar-refractivity contribution is -0.134. The molecule has 1 fully saturated rings. The van der Waals surface area contributed by atoms with E-state index < -0.39 is 0 Å². The van der Waals surface area contributed by atoms with Gasteiger partial charge in [0.25, 0.3) is 0 Å². The van der Waals surface area contributed by atoms with Crippen molar-refractivity contribution in [2.45, 2.75) is 32.6 Å². The molecule has 30 heavy (non-hydrogen) atoms. The molecule has 1 amide bonds. The molecule has 3 rings (SSSR count). The van der Waals surface area contributed by atoms with Gasteiger partial charge in [-0.25, -0.2) is 9.97 Å². The standard InChI is InChI=1S/C24H35N5O/c1-17-12-18(2)15-29(14-17)21(30)13-20(19-10-8-7-9-11-19)22-23(27(3)4)25-16-26-24(22)28(5)6/h7-11,16-18,20H,12-15H2,1-6H3/t17-,18+,20?. The molecule has 0 bridgehead atoms. The highest BCUT2D eigenvalue weighted by atomic mass is 16.2. The van der Waals surface area contributed by atoms with Gasteiger partial charge in [-0.15, -0.1) is 0 Å². The molecule has 6 nitrogen and oxygen atoms in total. The molecule has 1 unspecified atom stereocenters. The van der Waals surface area contributed by atoms with Crippen LogP contribution < -0.4 is 9.80 Å². The average molecular weight is 410 g/mol. The number of anilines is 2. The number of carbonyl (C=O) groups excluding carboxylic acids is 1. The van der Waals surface area contributed by atoms with Gasteiger partial charge in [-0.3, -0.25) is 4.79 Å². The maximum atomic E-state index is 13.5. The van der Waals surface area contributed by atoms with Crippen molar-refractivity contribution in [3.63, 3.8) is 0 Å². The molecule has 6 heteroatoms. The second kappa shape index (κ2) is 9.45. The van der Waals surface area contributed by atoms with Gasteiger partial charge in [-0.05, 0) is 23.8 Å². The largest absolute Gasteiger partial charge is 0.362 e. The first-order valence-corrected chi connectivity index (χ1v) is 10.8. The van der Waals surface area contributed by atoms with Crippen LogP contribution in [0.3, 0.4) is 0 Å². The van der Waals surface area contributed by atoms with Gasteiger partial charge < -0.3 is 14.7 Å². The predicted molar refractivity (Wildman–Crippen MR) is 123 cm³/mol. The van der Waals surface area contributed by atoms with E-state index in [1.165, 1.54) is 6.42 Å².